The van der Waals surface area contributed by atoms with Crippen LogP contribution in [0.4, 0.5) is 30.2 Å². The number of hydrogen-bond donors (Lipinski definition) is 2. The van der Waals surface area contributed by atoms with Gasteiger partial charge in [0, 0.05) is 6.07 Å². The number of esters is 1. The number of amides is 1. The highest BCUT2D eigenvalue weighted by Crippen LogP contribution is 2.34. The molecule has 0 radical (unpaired) electrons. The zero-order valence-electron chi connectivity index (χ0n) is 15.7. The van der Waals surface area contributed by atoms with Crippen LogP contribution in [-0.2, 0) is 20.5 Å². The van der Waals surface area contributed by atoms with Gasteiger partial charge in [-0.15, -0.1) is 0 Å². The first kappa shape index (κ1) is 23.1. The van der Waals surface area contributed by atoms with E-state index in [4.69, 9.17) is 10.00 Å². The fourth-order valence-corrected chi connectivity index (χ4v) is 2.39. The summed E-state index contributed by atoms with van der Waals surface area (Å²) in [6.07, 6.45) is -4.97. The second-order valence-electron chi connectivity index (χ2n) is 6.02. The van der Waals surface area contributed by atoms with Crippen LogP contribution in [0, 0.1) is 21.4 Å². The molecule has 0 aliphatic carbocycles. The third-order valence-electron chi connectivity index (χ3n) is 3.86. The van der Waals surface area contributed by atoms with E-state index in [2.05, 4.69) is 10.6 Å². The van der Waals surface area contributed by atoms with Crippen molar-refractivity contribution in [3.63, 3.8) is 0 Å². The molecule has 9 nitrogen and oxygen atoms in total. The van der Waals surface area contributed by atoms with Crippen molar-refractivity contribution >= 4 is 28.9 Å². The Morgan fingerprint density at radius 1 is 1.16 bits per heavy atom. The van der Waals surface area contributed by atoms with Crippen LogP contribution in [0.3, 0.4) is 0 Å². The number of nitriles is 1. The summed E-state index contributed by atoms with van der Waals surface area (Å²) in [7, 11) is 0. The average Bonchev–Trinajstić information content (AvgIpc) is 2.71. The van der Waals surface area contributed by atoms with E-state index in [0.717, 1.165) is 6.07 Å². The number of nitro benzene ring substituents is 1. The van der Waals surface area contributed by atoms with Crippen LogP contribution in [-0.4, -0.2) is 30.0 Å². The minimum atomic E-state index is -4.75. The number of nitro groups is 1. The summed E-state index contributed by atoms with van der Waals surface area (Å²) < 4.78 is 42.9. The van der Waals surface area contributed by atoms with E-state index in [1.165, 1.54) is 12.1 Å². The van der Waals surface area contributed by atoms with E-state index in [-0.39, 0.29) is 24.3 Å². The minimum Gasteiger partial charge on any atom is -0.464 e. The molecule has 0 aromatic heterocycles. The Hall–Kier alpha value is -4.14. The number of ether oxygens (including phenoxy) is 1. The number of carbonyl (C=O) groups excluding carboxylic acids is 2. The molecule has 31 heavy (non-hydrogen) atoms. The minimum absolute atomic E-state index is 0.216. The van der Waals surface area contributed by atoms with Crippen LogP contribution in [0.5, 0.6) is 0 Å². The number of alkyl halides is 3. The van der Waals surface area contributed by atoms with Gasteiger partial charge in [0.25, 0.3) is 5.69 Å². The van der Waals surface area contributed by atoms with Crippen molar-refractivity contribution < 1.29 is 32.4 Å². The molecule has 0 bridgehead atoms. The van der Waals surface area contributed by atoms with Crippen molar-refractivity contribution in [3.8, 4) is 6.07 Å². The molecule has 2 N–H and O–H groups in total. The Kier molecular flexibility index (Phi) is 7.51. The predicted molar refractivity (Wildman–Crippen MR) is 102 cm³/mol. The van der Waals surface area contributed by atoms with Gasteiger partial charge in [-0.1, -0.05) is 12.1 Å². The molecule has 0 heterocycles. The molecule has 12 heteroatoms. The molecule has 0 aliphatic rings. The lowest BCUT2D eigenvalue weighted by atomic mass is 10.1. The van der Waals surface area contributed by atoms with Gasteiger partial charge in [0.2, 0.25) is 5.91 Å². The molecule has 0 fully saturated rings. The summed E-state index contributed by atoms with van der Waals surface area (Å²) in [6.45, 7) is -0.874. The monoisotopic (exact) mass is 436 g/mol. The maximum atomic E-state index is 12.7. The lowest BCUT2D eigenvalue weighted by molar-refractivity contribution is -0.384. The fraction of sp³-hybridized carbons (Fsp3) is 0.211. The molecule has 2 aromatic rings. The maximum Gasteiger partial charge on any atom is 0.416 e. The largest absolute Gasteiger partial charge is 0.464 e. The van der Waals surface area contributed by atoms with E-state index < -0.39 is 40.8 Å². The molecule has 2 rings (SSSR count). The lowest BCUT2D eigenvalue weighted by Crippen LogP contribution is -2.21. The summed E-state index contributed by atoms with van der Waals surface area (Å²) >= 11 is 0. The second-order valence-corrected chi connectivity index (χ2v) is 6.02. The van der Waals surface area contributed by atoms with Gasteiger partial charge in [0.1, 0.15) is 24.9 Å². The molecule has 0 saturated heterocycles. The van der Waals surface area contributed by atoms with E-state index in [0.29, 0.717) is 17.8 Å². The van der Waals surface area contributed by atoms with Crippen LogP contribution in [0.25, 0.3) is 0 Å². The van der Waals surface area contributed by atoms with Crippen molar-refractivity contribution in [1.82, 2.24) is 0 Å². The van der Waals surface area contributed by atoms with Gasteiger partial charge in [-0.05, 0) is 24.3 Å². The highest BCUT2D eigenvalue weighted by molar-refractivity contribution is 5.92. The molecule has 0 spiro atoms. The standard InChI is InChI=1S/C19H15F3N4O5/c20-19(21,22)13-5-6-15(16(9-13)26(29)30)24-11-18(28)31-8-7-17(27)25-14-4-2-1-3-12(14)10-23/h1-6,9,24H,7-8,11H2,(H,25,27). The maximum absolute atomic E-state index is 12.7. The number of hydrogen-bond acceptors (Lipinski definition) is 7. The number of nitrogens with one attached hydrogen (secondary N) is 2. The first-order chi connectivity index (χ1) is 14.6. The first-order valence-corrected chi connectivity index (χ1v) is 8.66. The van der Waals surface area contributed by atoms with Crippen LogP contribution in [0.2, 0.25) is 0 Å². The third kappa shape index (κ3) is 6.70. The summed E-state index contributed by atoms with van der Waals surface area (Å²) in [5.41, 5.74) is -1.77. The Bertz CT molecular complexity index is 1030. The van der Waals surface area contributed by atoms with Gasteiger partial charge >= 0.3 is 12.1 Å². The molecule has 0 unspecified atom stereocenters. The van der Waals surface area contributed by atoms with Gasteiger partial charge in [-0.25, -0.2) is 0 Å². The van der Waals surface area contributed by atoms with Gasteiger partial charge in [-0.2, -0.15) is 18.4 Å². The highest BCUT2D eigenvalue weighted by atomic mass is 19.4. The molecule has 2 aromatic carbocycles. The van der Waals surface area contributed by atoms with Crippen LogP contribution < -0.4 is 10.6 Å². The van der Waals surface area contributed by atoms with Crippen molar-refractivity contribution in [2.45, 2.75) is 12.6 Å². The van der Waals surface area contributed by atoms with Crippen molar-refractivity contribution in [2.24, 2.45) is 0 Å². The first-order valence-electron chi connectivity index (χ1n) is 8.66. The summed E-state index contributed by atoms with van der Waals surface area (Å²) in [6, 6.07) is 10.1. The Morgan fingerprint density at radius 2 is 1.87 bits per heavy atom. The van der Waals surface area contributed by atoms with Gasteiger partial charge < -0.3 is 15.4 Å². The van der Waals surface area contributed by atoms with Gasteiger partial charge in [0.05, 0.1) is 28.2 Å². The van der Waals surface area contributed by atoms with Crippen LogP contribution in [0.15, 0.2) is 42.5 Å². The topological polar surface area (TPSA) is 134 Å². The molecular weight excluding hydrogens is 421 g/mol. The summed E-state index contributed by atoms with van der Waals surface area (Å²) in [5, 5.41) is 24.8. The molecule has 0 saturated carbocycles. The molecule has 0 aliphatic heterocycles. The summed E-state index contributed by atoms with van der Waals surface area (Å²) in [4.78, 5) is 33.6. The third-order valence-corrected chi connectivity index (χ3v) is 3.86. The van der Waals surface area contributed by atoms with E-state index >= 15 is 0 Å². The predicted octanol–water partition coefficient (Wildman–Crippen LogP) is 3.47. The van der Waals surface area contributed by atoms with Crippen molar-refractivity contribution in [2.75, 3.05) is 23.8 Å². The number of halogens is 3. The molecule has 162 valence electrons. The van der Waals surface area contributed by atoms with Gasteiger partial charge in [-0.3, -0.25) is 19.7 Å². The van der Waals surface area contributed by atoms with Crippen molar-refractivity contribution in [3.05, 3.63) is 63.7 Å². The molecular formula is C19H15F3N4O5. The molecule has 1 amide bonds. The zero-order chi connectivity index (χ0) is 23.0. The quantitative estimate of drug-likeness (QED) is 0.368. The normalized spacial score (nSPS) is 10.6. The number of rotatable bonds is 8. The molecule has 0 atom stereocenters. The van der Waals surface area contributed by atoms with E-state index in [9.17, 15) is 32.9 Å². The van der Waals surface area contributed by atoms with E-state index in [1.807, 2.05) is 6.07 Å². The van der Waals surface area contributed by atoms with Crippen molar-refractivity contribution in [1.29, 1.82) is 5.26 Å². The SMILES string of the molecule is N#Cc1ccccc1NC(=O)CCOC(=O)CNc1ccc(C(F)(F)F)cc1[N+](=O)[O-]. The Labute approximate surface area is 173 Å². The van der Waals surface area contributed by atoms with Crippen LogP contribution >= 0.6 is 0 Å². The number of carbonyl (C=O) groups is 2. The number of benzene rings is 2. The highest BCUT2D eigenvalue weighted by Gasteiger charge is 2.33. The number of para-hydroxylation sites is 1. The lowest BCUT2D eigenvalue weighted by Gasteiger charge is -2.11. The number of anilines is 2. The van der Waals surface area contributed by atoms with Gasteiger partial charge in [0.15, 0.2) is 0 Å². The van der Waals surface area contributed by atoms with Crippen LogP contribution in [0.1, 0.15) is 17.5 Å². The smallest absolute Gasteiger partial charge is 0.416 e. The second kappa shape index (κ2) is 10.1. The Balaban J connectivity index is 1.85. The average molecular weight is 436 g/mol. The fourth-order valence-electron chi connectivity index (χ4n) is 2.39. The summed E-state index contributed by atoms with van der Waals surface area (Å²) in [5.74, 6) is -1.39. The van der Waals surface area contributed by atoms with E-state index in [1.54, 1.807) is 12.1 Å². The number of nitrogens with zero attached hydrogens (tertiary/aromatic N) is 2. The Morgan fingerprint density at radius 3 is 2.52 bits per heavy atom. The zero-order valence-corrected chi connectivity index (χ0v) is 15.7.